The molecular formula is C12H12ClN3O. The van der Waals surface area contributed by atoms with Gasteiger partial charge in [0.2, 0.25) is 0 Å². The molecule has 0 amide bonds. The number of nitrogens with two attached hydrogens (primary N) is 1. The van der Waals surface area contributed by atoms with Crippen LogP contribution in [-0.2, 0) is 6.42 Å². The molecule has 2 rings (SSSR count). The van der Waals surface area contributed by atoms with E-state index in [-0.39, 0.29) is 0 Å². The summed E-state index contributed by atoms with van der Waals surface area (Å²) in [5.41, 5.74) is 7.25. The molecule has 0 spiro atoms. The lowest BCUT2D eigenvalue weighted by Crippen LogP contribution is -2.05. The summed E-state index contributed by atoms with van der Waals surface area (Å²) in [5, 5.41) is 10.4. The highest BCUT2D eigenvalue weighted by Crippen LogP contribution is 2.21. The summed E-state index contributed by atoms with van der Waals surface area (Å²) in [7, 11) is 0. The minimum atomic E-state index is -0.665. The van der Waals surface area contributed by atoms with E-state index in [4.69, 9.17) is 17.3 Å². The van der Waals surface area contributed by atoms with Crippen molar-refractivity contribution in [1.82, 2.24) is 9.97 Å². The van der Waals surface area contributed by atoms with E-state index in [0.717, 1.165) is 5.56 Å². The molecule has 0 saturated carbocycles. The van der Waals surface area contributed by atoms with E-state index >= 15 is 0 Å². The second-order valence-electron chi connectivity index (χ2n) is 3.68. The summed E-state index contributed by atoms with van der Waals surface area (Å²) >= 11 is 5.76. The quantitative estimate of drug-likeness (QED) is 0.816. The Hall–Kier alpha value is -1.65. The SMILES string of the molecule is Nc1ncccc1CC(O)c1ccnc(Cl)c1. The first-order valence-electron chi connectivity index (χ1n) is 5.15. The standard InChI is InChI=1S/C12H12ClN3O/c13-11-7-8(3-5-15-11)10(17)6-9-2-1-4-16-12(9)14/h1-5,7,10,17H,6H2,(H2,14,16). The normalized spacial score (nSPS) is 12.4. The van der Waals surface area contributed by atoms with E-state index in [9.17, 15) is 5.11 Å². The Bertz CT molecular complexity index is 519. The lowest BCUT2D eigenvalue weighted by Gasteiger charge is -2.12. The molecule has 17 heavy (non-hydrogen) atoms. The van der Waals surface area contributed by atoms with Crippen molar-refractivity contribution in [3.8, 4) is 0 Å². The number of hydrogen-bond donors (Lipinski definition) is 2. The molecule has 0 aromatic carbocycles. The van der Waals surface area contributed by atoms with Crippen molar-refractivity contribution in [3.05, 3.63) is 52.9 Å². The molecule has 2 aromatic rings. The largest absolute Gasteiger partial charge is 0.388 e. The van der Waals surface area contributed by atoms with Crippen molar-refractivity contribution >= 4 is 17.4 Å². The van der Waals surface area contributed by atoms with Crippen LogP contribution in [-0.4, -0.2) is 15.1 Å². The number of rotatable bonds is 3. The third-order valence-electron chi connectivity index (χ3n) is 2.47. The van der Waals surface area contributed by atoms with Gasteiger partial charge in [0.05, 0.1) is 6.10 Å². The van der Waals surface area contributed by atoms with Crippen LogP contribution in [0.5, 0.6) is 0 Å². The minimum Gasteiger partial charge on any atom is -0.388 e. The third kappa shape index (κ3) is 2.93. The maximum atomic E-state index is 10.1. The predicted molar refractivity (Wildman–Crippen MR) is 66.6 cm³/mol. The molecule has 4 nitrogen and oxygen atoms in total. The number of aliphatic hydroxyl groups is 1. The van der Waals surface area contributed by atoms with Crippen LogP contribution in [0.4, 0.5) is 5.82 Å². The Balaban J connectivity index is 2.17. The summed E-state index contributed by atoms with van der Waals surface area (Å²) in [5.74, 6) is 0.437. The zero-order chi connectivity index (χ0) is 12.3. The van der Waals surface area contributed by atoms with Gasteiger partial charge < -0.3 is 10.8 Å². The zero-order valence-electron chi connectivity index (χ0n) is 9.05. The van der Waals surface area contributed by atoms with Crippen molar-refractivity contribution in [1.29, 1.82) is 0 Å². The van der Waals surface area contributed by atoms with Crippen LogP contribution in [0.2, 0.25) is 5.15 Å². The van der Waals surface area contributed by atoms with Crippen LogP contribution in [0.15, 0.2) is 36.7 Å². The molecule has 0 bridgehead atoms. The summed E-state index contributed by atoms with van der Waals surface area (Å²) in [6, 6.07) is 6.99. The van der Waals surface area contributed by atoms with E-state index in [1.807, 2.05) is 6.07 Å². The fraction of sp³-hybridized carbons (Fsp3) is 0.167. The number of nitrogens with zero attached hydrogens (tertiary/aromatic N) is 2. The van der Waals surface area contributed by atoms with Crippen molar-refractivity contribution < 1.29 is 5.11 Å². The highest BCUT2D eigenvalue weighted by atomic mass is 35.5. The first-order chi connectivity index (χ1) is 8.16. The molecule has 3 N–H and O–H groups in total. The molecule has 2 heterocycles. The number of aliphatic hydroxyl groups excluding tert-OH is 1. The first-order valence-corrected chi connectivity index (χ1v) is 5.53. The lowest BCUT2D eigenvalue weighted by molar-refractivity contribution is 0.178. The Morgan fingerprint density at radius 2 is 2.12 bits per heavy atom. The highest BCUT2D eigenvalue weighted by Gasteiger charge is 2.11. The van der Waals surface area contributed by atoms with Gasteiger partial charge in [0.15, 0.2) is 0 Å². The maximum absolute atomic E-state index is 10.1. The highest BCUT2D eigenvalue weighted by molar-refractivity contribution is 6.29. The fourth-order valence-electron chi connectivity index (χ4n) is 1.57. The number of pyridine rings is 2. The molecule has 0 saturated heterocycles. The van der Waals surface area contributed by atoms with Gasteiger partial charge in [0, 0.05) is 18.8 Å². The number of aromatic nitrogens is 2. The van der Waals surface area contributed by atoms with Crippen LogP contribution in [0.1, 0.15) is 17.2 Å². The lowest BCUT2D eigenvalue weighted by atomic mass is 10.0. The van der Waals surface area contributed by atoms with E-state index < -0.39 is 6.10 Å². The summed E-state index contributed by atoms with van der Waals surface area (Å²) < 4.78 is 0. The van der Waals surface area contributed by atoms with Crippen LogP contribution >= 0.6 is 11.6 Å². The fourth-order valence-corrected chi connectivity index (χ4v) is 1.76. The molecule has 5 heteroatoms. The predicted octanol–water partition coefficient (Wildman–Crippen LogP) is 1.99. The van der Waals surface area contributed by atoms with Crippen LogP contribution in [0.3, 0.4) is 0 Å². The molecular weight excluding hydrogens is 238 g/mol. The second kappa shape index (κ2) is 5.12. The smallest absolute Gasteiger partial charge is 0.129 e. The summed E-state index contributed by atoms with van der Waals surface area (Å²) in [4.78, 5) is 7.84. The van der Waals surface area contributed by atoms with Gasteiger partial charge in [-0.2, -0.15) is 0 Å². The number of hydrogen-bond acceptors (Lipinski definition) is 4. The summed E-state index contributed by atoms with van der Waals surface area (Å²) in [6.07, 6.45) is 2.92. The molecule has 1 atom stereocenters. The minimum absolute atomic E-state index is 0.362. The van der Waals surface area contributed by atoms with Gasteiger partial charge in [-0.15, -0.1) is 0 Å². The molecule has 1 unspecified atom stereocenters. The average molecular weight is 250 g/mol. The van der Waals surface area contributed by atoms with Gasteiger partial charge in [-0.25, -0.2) is 9.97 Å². The van der Waals surface area contributed by atoms with E-state index in [2.05, 4.69) is 9.97 Å². The van der Waals surface area contributed by atoms with E-state index in [0.29, 0.717) is 23.0 Å². The zero-order valence-corrected chi connectivity index (χ0v) is 9.80. The van der Waals surface area contributed by atoms with Gasteiger partial charge >= 0.3 is 0 Å². The second-order valence-corrected chi connectivity index (χ2v) is 4.07. The van der Waals surface area contributed by atoms with Gasteiger partial charge in [0.1, 0.15) is 11.0 Å². The Morgan fingerprint density at radius 3 is 2.82 bits per heavy atom. The van der Waals surface area contributed by atoms with E-state index in [1.165, 1.54) is 0 Å². The van der Waals surface area contributed by atoms with Gasteiger partial charge in [-0.05, 0) is 29.3 Å². The van der Waals surface area contributed by atoms with Crippen molar-refractivity contribution in [3.63, 3.8) is 0 Å². The first kappa shape index (κ1) is 11.8. The molecule has 88 valence electrons. The van der Waals surface area contributed by atoms with Gasteiger partial charge in [0.25, 0.3) is 0 Å². The molecule has 0 radical (unpaired) electrons. The Morgan fingerprint density at radius 1 is 1.29 bits per heavy atom. The van der Waals surface area contributed by atoms with Gasteiger partial charge in [-0.3, -0.25) is 0 Å². The van der Waals surface area contributed by atoms with Gasteiger partial charge in [-0.1, -0.05) is 17.7 Å². The van der Waals surface area contributed by atoms with E-state index in [1.54, 1.807) is 30.6 Å². The number of halogens is 1. The third-order valence-corrected chi connectivity index (χ3v) is 2.68. The van der Waals surface area contributed by atoms with Crippen molar-refractivity contribution in [2.75, 3.05) is 5.73 Å². The van der Waals surface area contributed by atoms with Crippen molar-refractivity contribution in [2.45, 2.75) is 12.5 Å². The van der Waals surface area contributed by atoms with Crippen molar-refractivity contribution in [2.24, 2.45) is 0 Å². The number of anilines is 1. The Labute approximate surface area is 104 Å². The molecule has 0 aliphatic carbocycles. The monoisotopic (exact) mass is 249 g/mol. The number of nitrogen functional groups attached to an aromatic ring is 1. The summed E-state index contributed by atoms with van der Waals surface area (Å²) in [6.45, 7) is 0. The molecule has 2 aromatic heterocycles. The molecule has 0 fully saturated rings. The van der Waals surface area contributed by atoms with Crippen LogP contribution in [0.25, 0.3) is 0 Å². The topological polar surface area (TPSA) is 72.0 Å². The average Bonchev–Trinajstić information content (AvgIpc) is 2.32. The van der Waals surface area contributed by atoms with Crippen LogP contribution < -0.4 is 5.73 Å². The van der Waals surface area contributed by atoms with Crippen LogP contribution in [0, 0.1) is 0 Å². The molecule has 0 aliphatic heterocycles. The Kier molecular flexibility index (Phi) is 3.56. The molecule has 0 aliphatic rings. The maximum Gasteiger partial charge on any atom is 0.129 e.